The van der Waals surface area contributed by atoms with Crippen LogP contribution in [0.1, 0.15) is 22.4 Å². The number of halogens is 5. The Morgan fingerprint density at radius 3 is 1.94 bits per heavy atom. The fourth-order valence-electron chi connectivity index (χ4n) is 2.96. The van der Waals surface area contributed by atoms with Gasteiger partial charge < -0.3 is 9.47 Å². The van der Waals surface area contributed by atoms with E-state index in [1.807, 2.05) is 13.0 Å². The molecule has 36 heavy (non-hydrogen) atoms. The highest BCUT2D eigenvalue weighted by atomic mass is 19.4. The molecule has 0 aliphatic carbocycles. The van der Waals surface area contributed by atoms with Crippen molar-refractivity contribution < 1.29 is 31.4 Å². The summed E-state index contributed by atoms with van der Waals surface area (Å²) in [6, 6.07) is 14.9. The lowest BCUT2D eigenvalue weighted by Crippen LogP contribution is -2.10. The van der Waals surface area contributed by atoms with E-state index in [0.29, 0.717) is 17.6 Å². The molecule has 4 aromatic rings. The van der Waals surface area contributed by atoms with Crippen LogP contribution >= 0.6 is 0 Å². The zero-order valence-electron chi connectivity index (χ0n) is 19.0. The van der Waals surface area contributed by atoms with E-state index in [1.54, 1.807) is 24.5 Å². The summed E-state index contributed by atoms with van der Waals surface area (Å²) in [6.07, 6.45) is -1.38. The molecule has 0 radical (unpaired) electrons. The molecule has 0 spiro atoms. The second-order valence-electron chi connectivity index (χ2n) is 7.39. The van der Waals surface area contributed by atoms with Gasteiger partial charge in [0, 0.05) is 24.4 Å². The minimum Gasteiger partial charge on any atom is -0.456 e. The molecule has 184 valence electrons. The molecule has 0 saturated carbocycles. The Bertz CT molecular complexity index is 1360. The van der Waals surface area contributed by atoms with Gasteiger partial charge in [-0.25, -0.2) is 13.8 Å². The monoisotopic (exact) mass is 499 g/mol. The van der Waals surface area contributed by atoms with Crippen LogP contribution in [0.3, 0.4) is 0 Å². The lowest BCUT2D eigenvalue weighted by atomic mass is 10.1. The van der Waals surface area contributed by atoms with Crippen molar-refractivity contribution >= 4 is 0 Å². The SMILES string of the molecule is Cc1cncc(Oc2cccc(F)c2)c1.Cc1nc(Oc2cccc(F)c2)cc(C(F)(F)F)c1C#N. The molecule has 2 heterocycles. The maximum absolute atomic E-state index is 13.0. The summed E-state index contributed by atoms with van der Waals surface area (Å²) in [4.78, 5) is 7.76. The van der Waals surface area contributed by atoms with E-state index >= 15 is 0 Å². The molecule has 0 saturated heterocycles. The molecule has 0 fully saturated rings. The number of aryl methyl sites for hydroxylation is 2. The average molecular weight is 499 g/mol. The van der Waals surface area contributed by atoms with Gasteiger partial charge in [0.05, 0.1) is 23.0 Å². The van der Waals surface area contributed by atoms with Crippen LogP contribution in [0.5, 0.6) is 23.1 Å². The maximum Gasteiger partial charge on any atom is 0.417 e. The van der Waals surface area contributed by atoms with Gasteiger partial charge in [-0.3, -0.25) is 4.98 Å². The number of ether oxygens (including phenoxy) is 2. The Kier molecular flexibility index (Phi) is 8.17. The Morgan fingerprint density at radius 2 is 1.42 bits per heavy atom. The van der Waals surface area contributed by atoms with E-state index in [0.717, 1.165) is 11.6 Å². The first-order valence-corrected chi connectivity index (χ1v) is 10.3. The number of alkyl halides is 3. The zero-order chi connectivity index (χ0) is 26.3. The first-order valence-electron chi connectivity index (χ1n) is 10.3. The van der Waals surface area contributed by atoms with Gasteiger partial charge >= 0.3 is 6.18 Å². The van der Waals surface area contributed by atoms with Crippen LogP contribution in [0, 0.1) is 36.8 Å². The quantitative estimate of drug-likeness (QED) is 0.272. The van der Waals surface area contributed by atoms with Gasteiger partial charge in [-0.2, -0.15) is 18.4 Å². The number of rotatable bonds is 4. The van der Waals surface area contributed by atoms with Crippen LogP contribution in [-0.4, -0.2) is 9.97 Å². The number of hydrogen-bond donors (Lipinski definition) is 0. The van der Waals surface area contributed by atoms with Crippen molar-refractivity contribution in [3.05, 3.63) is 107 Å². The van der Waals surface area contributed by atoms with Gasteiger partial charge in [0.15, 0.2) is 0 Å². The molecule has 0 unspecified atom stereocenters. The van der Waals surface area contributed by atoms with Gasteiger partial charge in [0.2, 0.25) is 5.88 Å². The molecule has 0 atom stereocenters. The topological polar surface area (TPSA) is 68.0 Å². The van der Waals surface area contributed by atoms with Crippen molar-refractivity contribution in [2.24, 2.45) is 0 Å². The van der Waals surface area contributed by atoms with Crippen molar-refractivity contribution in [2.75, 3.05) is 0 Å². The van der Waals surface area contributed by atoms with Crippen LogP contribution in [0.15, 0.2) is 73.1 Å². The van der Waals surface area contributed by atoms with Crippen LogP contribution in [0.4, 0.5) is 22.0 Å². The molecule has 2 aromatic heterocycles. The molecule has 5 nitrogen and oxygen atoms in total. The third kappa shape index (κ3) is 7.24. The smallest absolute Gasteiger partial charge is 0.417 e. The molecule has 10 heteroatoms. The molecular formula is C26H18F5N3O2. The van der Waals surface area contributed by atoms with Gasteiger partial charge in [0.1, 0.15) is 35.0 Å². The summed E-state index contributed by atoms with van der Waals surface area (Å²) < 4.78 is 75.1. The minimum atomic E-state index is -4.71. The van der Waals surface area contributed by atoms with Crippen molar-refractivity contribution in [1.29, 1.82) is 5.26 Å². The van der Waals surface area contributed by atoms with E-state index in [4.69, 9.17) is 14.7 Å². The van der Waals surface area contributed by atoms with Gasteiger partial charge in [-0.15, -0.1) is 0 Å². The maximum atomic E-state index is 13.0. The number of nitriles is 1. The second-order valence-corrected chi connectivity index (χ2v) is 7.39. The molecule has 4 rings (SSSR count). The van der Waals surface area contributed by atoms with Crippen LogP contribution < -0.4 is 9.47 Å². The first kappa shape index (κ1) is 26.1. The summed E-state index contributed by atoms with van der Waals surface area (Å²) >= 11 is 0. The predicted molar refractivity (Wildman–Crippen MR) is 121 cm³/mol. The third-order valence-corrected chi connectivity index (χ3v) is 4.49. The first-order chi connectivity index (χ1) is 17.0. The van der Waals surface area contributed by atoms with Crippen LogP contribution in [0.25, 0.3) is 0 Å². The van der Waals surface area contributed by atoms with E-state index in [1.165, 1.54) is 43.3 Å². The predicted octanol–water partition coefficient (Wildman–Crippen LogP) is 7.53. The summed E-state index contributed by atoms with van der Waals surface area (Å²) in [7, 11) is 0. The van der Waals surface area contributed by atoms with E-state index in [2.05, 4.69) is 9.97 Å². The molecule has 2 aromatic carbocycles. The summed E-state index contributed by atoms with van der Waals surface area (Å²) in [5, 5.41) is 8.80. The number of nitrogens with zero attached hydrogens (tertiary/aromatic N) is 3. The van der Waals surface area contributed by atoms with Crippen LogP contribution in [0.2, 0.25) is 0 Å². The van der Waals surface area contributed by atoms with Crippen molar-refractivity contribution in [1.82, 2.24) is 9.97 Å². The number of benzene rings is 2. The summed E-state index contributed by atoms with van der Waals surface area (Å²) in [5.74, 6) is -0.158. The van der Waals surface area contributed by atoms with Crippen LogP contribution in [-0.2, 0) is 6.18 Å². The molecule has 0 aliphatic rings. The number of hydrogen-bond acceptors (Lipinski definition) is 5. The van der Waals surface area contributed by atoms with Gasteiger partial charge in [-0.05, 0) is 49.7 Å². The molecular weight excluding hydrogens is 481 g/mol. The lowest BCUT2D eigenvalue weighted by molar-refractivity contribution is -0.138. The van der Waals surface area contributed by atoms with E-state index in [9.17, 15) is 22.0 Å². The summed E-state index contributed by atoms with van der Waals surface area (Å²) in [6.45, 7) is 3.19. The molecule has 0 N–H and O–H groups in total. The number of aromatic nitrogens is 2. The average Bonchev–Trinajstić information content (AvgIpc) is 2.79. The Balaban J connectivity index is 0.000000212. The highest BCUT2D eigenvalue weighted by Gasteiger charge is 2.35. The van der Waals surface area contributed by atoms with Crippen molar-refractivity contribution in [3.8, 4) is 29.2 Å². The Hall–Kier alpha value is -4.52. The highest BCUT2D eigenvalue weighted by Crippen LogP contribution is 2.35. The largest absolute Gasteiger partial charge is 0.456 e. The highest BCUT2D eigenvalue weighted by molar-refractivity contribution is 5.45. The second kappa shape index (κ2) is 11.3. The van der Waals surface area contributed by atoms with Gasteiger partial charge in [-0.1, -0.05) is 12.1 Å². The fourth-order valence-corrected chi connectivity index (χ4v) is 2.96. The van der Waals surface area contributed by atoms with Crippen molar-refractivity contribution in [2.45, 2.75) is 20.0 Å². The Labute approximate surface area is 203 Å². The standard InChI is InChI=1S/C14H8F4N2O.C12H10FNO/c1-8-11(7-19)12(14(16,17)18)6-13(20-8)21-10-4-2-3-9(15)5-10;1-9-5-12(8-14-7-9)15-11-4-2-3-10(13)6-11/h2-6H,1H3;2-8H,1H3. The van der Waals surface area contributed by atoms with Crippen molar-refractivity contribution in [3.63, 3.8) is 0 Å². The number of pyridine rings is 2. The molecule has 0 amide bonds. The fraction of sp³-hybridized carbons (Fsp3) is 0.115. The molecule has 0 aliphatic heterocycles. The lowest BCUT2D eigenvalue weighted by Gasteiger charge is -2.13. The minimum absolute atomic E-state index is 0.0136. The zero-order valence-corrected chi connectivity index (χ0v) is 19.0. The third-order valence-electron chi connectivity index (χ3n) is 4.49. The molecule has 0 bridgehead atoms. The summed E-state index contributed by atoms with van der Waals surface area (Å²) in [5.41, 5.74) is -0.805. The van der Waals surface area contributed by atoms with E-state index < -0.39 is 23.1 Å². The van der Waals surface area contributed by atoms with E-state index in [-0.39, 0.29) is 23.1 Å². The normalized spacial score (nSPS) is 10.6. The Morgan fingerprint density at radius 1 is 0.806 bits per heavy atom. The van der Waals surface area contributed by atoms with Gasteiger partial charge in [0.25, 0.3) is 0 Å².